The van der Waals surface area contributed by atoms with Gasteiger partial charge in [0.1, 0.15) is 17.5 Å². The Kier molecular flexibility index (Phi) is 4.08. The summed E-state index contributed by atoms with van der Waals surface area (Å²) in [4.78, 5) is 17.6. The molecule has 0 amide bonds. The van der Waals surface area contributed by atoms with Crippen LogP contribution >= 0.6 is 11.3 Å². The van der Waals surface area contributed by atoms with Crippen molar-refractivity contribution in [3.63, 3.8) is 0 Å². The van der Waals surface area contributed by atoms with Gasteiger partial charge in [-0.1, -0.05) is 0 Å². The summed E-state index contributed by atoms with van der Waals surface area (Å²) in [6.45, 7) is 0. The average molecular weight is 337 g/mol. The summed E-state index contributed by atoms with van der Waals surface area (Å²) in [6, 6.07) is 0. The lowest BCUT2D eigenvalue weighted by Gasteiger charge is -2.16. The number of nitrogens with one attached hydrogen (secondary N) is 1. The molecule has 7 nitrogen and oxygen atoms in total. The molecule has 0 aliphatic rings. The maximum atomic E-state index is 12.5. The second kappa shape index (κ2) is 6.01. The number of nitrogens with zero attached hydrogens (tertiary/aromatic N) is 4. The fourth-order valence-corrected chi connectivity index (χ4v) is 3.76. The Morgan fingerprint density at radius 1 is 1.36 bits per heavy atom. The van der Waals surface area contributed by atoms with E-state index in [1.807, 2.05) is 29.8 Å². The largest absolute Gasteiger partial charge is 0.491 e. The molecule has 0 spiro atoms. The van der Waals surface area contributed by atoms with Crippen molar-refractivity contribution < 1.29 is 8.95 Å². The predicted molar refractivity (Wildman–Crippen MR) is 87.0 cm³/mol. The molecule has 0 bridgehead atoms. The summed E-state index contributed by atoms with van der Waals surface area (Å²) in [5.74, 6) is 1.41. The minimum Gasteiger partial charge on any atom is -0.491 e. The average Bonchev–Trinajstić information content (AvgIpc) is 3.08. The number of methoxy groups -OCH3 is 1. The Morgan fingerprint density at radius 3 is 2.86 bits per heavy atom. The van der Waals surface area contributed by atoms with Gasteiger partial charge in [-0.15, -0.1) is 11.3 Å². The Labute approximate surface area is 133 Å². The molecule has 1 atom stereocenters. The molecule has 9 heteroatoms. The van der Waals surface area contributed by atoms with Gasteiger partial charge in [0.05, 0.1) is 29.2 Å². The molecule has 0 aromatic carbocycles. The molecule has 3 heterocycles. The molecule has 0 saturated heterocycles. The molecule has 3 rings (SSSR count). The first-order chi connectivity index (χ1) is 10.6. The molecular formula is C13H15N5O2S2. The van der Waals surface area contributed by atoms with Gasteiger partial charge in [-0.05, 0) is 0 Å². The first kappa shape index (κ1) is 14.9. The molecule has 0 aliphatic carbocycles. The Hall–Kier alpha value is -2.00. The van der Waals surface area contributed by atoms with Crippen LogP contribution in [-0.4, -0.2) is 45.3 Å². The van der Waals surface area contributed by atoms with Crippen LogP contribution in [0.1, 0.15) is 5.69 Å². The summed E-state index contributed by atoms with van der Waals surface area (Å²) >= 11 is 1.56. The second-order valence-electron chi connectivity index (χ2n) is 4.77. The second-order valence-corrected chi connectivity index (χ2v) is 6.88. The Bertz CT molecular complexity index is 798. The van der Waals surface area contributed by atoms with Crippen LogP contribution in [0.3, 0.4) is 0 Å². The highest BCUT2D eigenvalue weighted by Crippen LogP contribution is 2.28. The summed E-state index contributed by atoms with van der Waals surface area (Å²) in [7, 11) is 3.96. The van der Waals surface area contributed by atoms with E-state index in [4.69, 9.17) is 4.74 Å². The number of H-pyrrole nitrogens is 1. The standard InChI is InChI=1S/C13H15N5O2S2/c1-18(2)12-11(20-3)10(14-7-15-12)6-22(19)13-16-8-4-21-5-9(8)17-13/h4-5,7H,6H2,1-3H3,(H,16,17). The number of aromatic nitrogens is 4. The number of rotatable bonds is 5. The molecule has 1 unspecified atom stereocenters. The van der Waals surface area contributed by atoms with Crippen molar-refractivity contribution in [3.05, 3.63) is 22.8 Å². The summed E-state index contributed by atoms with van der Waals surface area (Å²) in [5.41, 5.74) is 2.33. The third-order valence-corrected chi connectivity index (χ3v) is 4.97. The van der Waals surface area contributed by atoms with Crippen LogP contribution in [0, 0.1) is 0 Å². The van der Waals surface area contributed by atoms with Crippen LogP contribution in [0.2, 0.25) is 0 Å². The molecule has 0 fully saturated rings. The molecule has 3 aromatic rings. The minimum absolute atomic E-state index is 0.214. The number of fused-ring (bicyclic) bond motifs is 1. The summed E-state index contributed by atoms with van der Waals surface area (Å²) in [5, 5.41) is 4.31. The number of anilines is 1. The minimum atomic E-state index is -1.33. The van der Waals surface area contributed by atoms with Crippen LogP contribution in [0.25, 0.3) is 11.0 Å². The van der Waals surface area contributed by atoms with E-state index < -0.39 is 10.8 Å². The number of thiophene rings is 1. The zero-order valence-corrected chi connectivity index (χ0v) is 14.0. The van der Waals surface area contributed by atoms with Crippen molar-refractivity contribution in [2.24, 2.45) is 0 Å². The van der Waals surface area contributed by atoms with Crippen molar-refractivity contribution in [2.45, 2.75) is 10.9 Å². The SMILES string of the molecule is COc1c(CS(=O)c2nc3cscc3[nH]2)ncnc1N(C)C. The number of aromatic amines is 1. The molecule has 1 N–H and O–H groups in total. The molecule has 3 aromatic heterocycles. The molecule has 0 saturated carbocycles. The van der Waals surface area contributed by atoms with E-state index in [0.29, 0.717) is 22.4 Å². The van der Waals surface area contributed by atoms with Crippen molar-refractivity contribution in [1.29, 1.82) is 0 Å². The third-order valence-electron chi connectivity index (χ3n) is 3.08. The van der Waals surface area contributed by atoms with Gasteiger partial charge in [0, 0.05) is 24.9 Å². The first-order valence-electron chi connectivity index (χ1n) is 6.45. The summed E-state index contributed by atoms with van der Waals surface area (Å²) < 4.78 is 17.9. The van der Waals surface area contributed by atoms with Crippen molar-refractivity contribution in [1.82, 2.24) is 19.9 Å². The van der Waals surface area contributed by atoms with E-state index >= 15 is 0 Å². The van der Waals surface area contributed by atoms with Crippen molar-refractivity contribution in [2.75, 3.05) is 26.1 Å². The predicted octanol–water partition coefficient (Wildman–Crippen LogP) is 1.80. The Balaban J connectivity index is 1.90. The zero-order chi connectivity index (χ0) is 15.7. The van der Waals surface area contributed by atoms with Gasteiger partial charge in [0.15, 0.2) is 16.7 Å². The smallest absolute Gasteiger partial charge is 0.197 e. The van der Waals surface area contributed by atoms with Crippen LogP contribution in [0.4, 0.5) is 5.82 Å². The van der Waals surface area contributed by atoms with E-state index in [1.165, 1.54) is 6.33 Å². The van der Waals surface area contributed by atoms with Crippen LogP contribution in [0.5, 0.6) is 5.75 Å². The van der Waals surface area contributed by atoms with E-state index in [2.05, 4.69) is 19.9 Å². The highest BCUT2D eigenvalue weighted by atomic mass is 32.2. The van der Waals surface area contributed by atoms with Gasteiger partial charge in [0.25, 0.3) is 0 Å². The van der Waals surface area contributed by atoms with Crippen molar-refractivity contribution in [3.8, 4) is 5.75 Å². The molecular weight excluding hydrogens is 322 g/mol. The van der Waals surface area contributed by atoms with Crippen molar-refractivity contribution >= 4 is 39.0 Å². The van der Waals surface area contributed by atoms with Crippen LogP contribution < -0.4 is 9.64 Å². The van der Waals surface area contributed by atoms with Gasteiger partial charge < -0.3 is 14.6 Å². The zero-order valence-electron chi connectivity index (χ0n) is 12.4. The normalized spacial score (nSPS) is 12.5. The van der Waals surface area contributed by atoms with Gasteiger partial charge in [-0.2, -0.15) is 0 Å². The monoisotopic (exact) mass is 337 g/mol. The van der Waals surface area contributed by atoms with Gasteiger partial charge in [0.2, 0.25) is 0 Å². The molecule has 0 aliphatic heterocycles. The highest BCUT2D eigenvalue weighted by molar-refractivity contribution is 7.84. The first-order valence-corrected chi connectivity index (χ1v) is 8.71. The lowest BCUT2D eigenvalue weighted by Crippen LogP contribution is -2.14. The molecule has 22 heavy (non-hydrogen) atoms. The molecule has 116 valence electrons. The fourth-order valence-electron chi connectivity index (χ4n) is 2.05. The lowest BCUT2D eigenvalue weighted by atomic mass is 10.3. The Morgan fingerprint density at radius 2 is 2.18 bits per heavy atom. The van der Waals surface area contributed by atoms with E-state index in [9.17, 15) is 4.21 Å². The van der Waals surface area contributed by atoms with E-state index in [0.717, 1.165) is 11.0 Å². The van der Waals surface area contributed by atoms with Crippen LogP contribution in [0.15, 0.2) is 22.2 Å². The quantitative estimate of drug-likeness (QED) is 0.764. The molecule has 0 radical (unpaired) electrons. The number of hydrogen-bond donors (Lipinski definition) is 1. The summed E-state index contributed by atoms with van der Waals surface area (Å²) in [6.07, 6.45) is 1.45. The number of hydrogen-bond acceptors (Lipinski definition) is 7. The third kappa shape index (κ3) is 2.69. The van der Waals surface area contributed by atoms with Gasteiger partial charge >= 0.3 is 0 Å². The maximum absolute atomic E-state index is 12.5. The van der Waals surface area contributed by atoms with E-state index in [-0.39, 0.29) is 5.75 Å². The van der Waals surface area contributed by atoms with Gasteiger partial charge in [-0.25, -0.2) is 15.0 Å². The van der Waals surface area contributed by atoms with Crippen LogP contribution in [-0.2, 0) is 16.6 Å². The number of ether oxygens (including phenoxy) is 1. The highest BCUT2D eigenvalue weighted by Gasteiger charge is 2.18. The lowest BCUT2D eigenvalue weighted by molar-refractivity contribution is 0.407. The number of imidazole rings is 1. The fraction of sp³-hybridized carbons (Fsp3) is 0.308. The van der Waals surface area contributed by atoms with Gasteiger partial charge in [-0.3, -0.25) is 4.21 Å². The maximum Gasteiger partial charge on any atom is 0.197 e. The van der Waals surface area contributed by atoms with E-state index in [1.54, 1.807) is 18.4 Å². The topological polar surface area (TPSA) is 84.0 Å².